The Hall–Kier alpha value is -1.51. The fourth-order valence-electron chi connectivity index (χ4n) is 2.01. The highest BCUT2D eigenvalue weighted by Crippen LogP contribution is 2.19. The van der Waals surface area contributed by atoms with Crippen molar-refractivity contribution in [3.63, 3.8) is 0 Å². The molecule has 0 heterocycles. The molecule has 0 saturated carbocycles. The first-order chi connectivity index (χ1) is 9.35. The third kappa shape index (κ3) is 5.24. The number of unbranched alkanes of at least 4 members (excludes halogenated alkanes) is 1. The zero-order valence-corrected chi connectivity index (χ0v) is 13.3. The van der Waals surface area contributed by atoms with Crippen LogP contribution in [0.2, 0.25) is 0 Å². The Labute approximate surface area is 122 Å². The van der Waals surface area contributed by atoms with Crippen LogP contribution in [-0.4, -0.2) is 24.2 Å². The Morgan fingerprint density at radius 1 is 1.25 bits per heavy atom. The van der Waals surface area contributed by atoms with Crippen LogP contribution in [0.25, 0.3) is 0 Å². The van der Waals surface area contributed by atoms with E-state index in [0.29, 0.717) is 0 Å². The Balaban J connectivity index is 2.85. The molecule has 20 heavy (non-hydrogen) atoms. The molecule has 0 aromatic heterocycles. The number of benzene rings is 1. The normalized spacial score (nSPS) is 12.8. The summed E-state index contributed by atoms with van der Waals surface area (Å²) in [4.78, 5) is 14.4. The number of para-hydroxylation sites is 1. The van der Waals surface area contributed by atoms with Crippen LogP contribution in [0.15, 0.2) is 30.3 Å². The van der Waals surface area contributed by atoms with Crippen LogP contribution < -0.4 is 4.90 Å². The maximum absolute atomic E-state index is 12.3. The van der Waals surface area contributed by atoms with E-state index < -0.39 is 5.60 Å². The van der Waals surface area contributed by atoms with Crippen LogP contribution >= 0.6 is 0 Å². The highest BCUT2D eigenvalue weighted by molar-refractivity contribution is 5.80. The Kier molecular flexibility index (Phi) is 6.05. The summed E-state index contributed by atoms with van der Waals surface area (Å²) in [6.45, 7) is 10.6. The van der Waals surface area contributed by atoms with Crippen molar-refractivity contribution in [3.8, 4) is 0 Å². The van der Waals surface area contributed by atoms with E-state index in [4.69, 9.17) is 4.74 Å². The molecule has 0 spiro atoms. The van der Waals surface area contributed by atoms with Gasteiger partial charge in [0.1, 0.15) is 11.6 Å². The lowest BCUT2D eigenvalue weighted by Crippen LogP contribution is -2.43. The molecule has 1 unspecified atom stereocenters. The first-order valence-corrected chi connectivity index (χ1v) is 7.39. The summed E-state index contributed by atoms with van der Waals surface area (Å²) in [5.74, 6) is -0.169. The molecular weight excluding hydrogens is 250 g/mol. The number of ether oxygens (including phenoxy) is 1. The third-order valence-corrected chi connectivity index (χ3v) is 3.06. The van der Waals surface area contributed by atoms with Gasteiger partial charge in [0.05, 0.1) is 0 Å². The van der Waals surface area contributed by atoms with Gasteiger partial charge in [0.25, 0.3) is 0 Å². The number of nitrogens with zero attached hydrogens (tertiary/aromatic N) is 1. The minimum Gasteiger partial charge on any atom is -0.458 e. The molecule has 0 bridgehead atoms. The van der Waals surface area contributed by atoms with E-state index >= 15 is 0 Å². The molecule has 1 atom stereocenters. The molecule has 0 aliphatic carbocycles. The average Bonchev–Trinajstić information content (AvgIpc) is 2.38. The number of rotatable bonds is 6. The molecule has 0 fully saturated rings. The topological polar surface area (TPSA) is 29.5 Å². The molecule has 0 aliphatic heterocycles. The molecule has 0 saturated heterocycles. The lowest BCUT2D eigenvalue weighted by atomic mass is 10.1. The molecule has 1 rings (SSSR count). The van der Waals surface area contributed by atoms with Gasteiger partial charge in [-0.25, -0.2) is 4.79 Å². The molecule has 1 aromatic carbocycles. The van der Waals surface area contributed by atoms with Crippen LogP contribution in [0.1, 0.15) is 47.5 Å². The van der Waals surface area contributed by atoms with E-state index in [1.165, 1.54) is 0 Å². The van der Waals surface area contributed by atoms with Gasteiger partial charge in [-0.15, -0.1) is 0 Å². The van der Waals surface area contributed by atoms with Gasteiger partial charge in [0, 0.05) is 12.2 Å². The molecule has 3 heteroatoms. The highest BCUT2D eigenvalue weighted by Gasteiger charge is 2.26. The van der Waals surface area contributed by atoms with Gasteiger partial charge in [-0.2, -0.15) is 0 Å². The van der Waals surface area contributed by atoms with E-state index in [-0.39, 0.29) is 12.0 Å². The van der Waals surface area contributed by atoms with Gasteiger partial charge < -0.3 is 9.64 Å². The largest absolute Gasteiger partial charge is 0.458 e. The lowest BCUT2D eigenvalue weighted by Gasteiger charge is -2.32. The number of carbonyl (C=O) groups excluding carboxylic acids is 1. The molecule has 0 aliphatic rings. The maximum atomic E-state index is 12.3. The fourth-order valence-corrected chi connectivity index (χ4v) is 2.01. The van der Waals surface area contributed by atoms with Gasteiger partial charge in [-0.3, -0.25) is 0 Å². The minimum absolute atomic E-state index is 0.169. The van der Waals surface area contributed by atoms with E-state index in [1.54, 1.807) is 0 Å². The van der Waals surface area contributed by atoms with Crippen molar-refractivity contribution in [1.82, 2.24) is 0 Å². The Bertz CT molecular complexity index is 409. The van der Waals surface area contributed by atoms with Crippen molar-refractivity contribution in [2.45, 2.75) is 59.1 Å². The first-order valence-electron chi connectivity index (χ1n) is 7.39. The van der Waals surface area contributed by atoms with Crippen molar-refractivity contribution < 1.29 is 9.53 Å². The fraction of sp³-hybridized carbons (Fsp3) is 0.588. The zero-order valence-electron chi connectivity index (χ0n) is 13.3. The number of hydrogen-bond donors (Lipinski definition) is 0. The van der Waals surface area contributed by atoms with Crippen molar-refractivity contribution in [2.24, 2.45) is 0 Å². The van der Waals surface area contributed by atoms with E-state index in [9.17, 15) is 4.79 Å². The van der Waals surface area contributed by atoms with Gasteiger partial charge >= 0.3 is 5.97 Å². The van der Waals surface area contributed by atoms with E-state index in [1.807, 2.05) is 58.0 Å². The number of carbonyl (C=O) groups is 1. The molecule has 1 aromatic rings. The molecule has 112 valence electrons. The predicted molar refractivity (Wildman–Crippen MR) is 84.0 cm³/mol. The van der Waals surface area contributed by atoms with Crippen LogP contribution in [-0.2, 0) is 9.53 Å². The Morgan fingerprint density at radius 3 is 2.35 bits per heavy atom. The van der Waals surface area contributed by atoms with Gasteiger partial charge in [0.15, 0.2) is 0 Å². The summed E-state index contributed by atoms with van der Waals surface area (Å²) < 4.78 is 5.50. The van der Waals surface area contributed by atoms with Crippen LogP contribution in [0.3, 0.4) is 0 Å². The molecule has 3 nitrogen and oxygen atoms in total. The summed E-state index contributed by atoms with van der Waals surface area (Å²) in [7, 11) is 0. The summed E-state index contributed by atoms with van der Waals surface area (Å²) in [6, 6.07) is 9.78. The second-order valence-electron chi connectivity index (χ2n) is 6.09. The lowest BCUT2D eigenvalue weighted by molar-refractivity contribution is -0.156. The SMILES string of the molecule is CCCCN(c1ccccc1)C(C)C(=O)OC(C)(C)C. The predicted octanol–water partition coefficient (Wildman–Crippen LogP) is 4.02. The second-order valence-corrected chi connectivity index (χ2v) is 6.09. The number of esters is 1. The third-order valence-electron chi connectivity index (χ3n) is 3.06. The van der Waals surface area contributed by atoms with Crippen LogP contribution in [0.5, 0.6) is 0 Å². The summed E-state index contributed by atoms with van der Waals surface area (Å²) >= 11 is 0. The molecule has 0 N–H and O–H groups in total. The van der Waals surface area contributed by atoms with Gasteiger partial charge in [-0.05, 0) is 46.2 Å². The minimum atomic E-state index is -0.446. The molecule has 0 amide bonds. The van der Waals surface area contributed by atoms with Crippen molar-refractivity contribution in [3.05, 3.63) is 30.3 Å². The summed E-state index contributed by atoms with van der Waals surface area (Å²) in [5, 5.41) is 0. The maximum Gasteiger partial charge on any atom is 0.328 e. The quantitative estimate of drug-likeness (QED) is 0.735. The van der Waals surface area contributed by atoms with E-state index in [2.05, 4.69) is 11.8 Å². The van der Waals surface area contributed by atoms with E-state index in [0.717, 1.165) is 25.1 Å². The van der Waals surface area contributed by atoms with Crippen molar-refractivity contribution in [2.75, 3.05) is 11.4 Å². The Morgan fingerprint density at radius 2 is 1.85 bits per heavy atom. The number of hydrogen-bond acceptors (Lipinski definition) is 3. The van der Waals surface area contributed by atoms with Gasteiger partial charge in [-0.1, -0.05) is 31.5 Å². The van der Waals surface area contributed by atoms with Crippen molar-refractivity contribution in [1.29, 1.82) is 0 Å². The summed E-state index contributed by atoms with van der Waals surface area (Å²) in [5.41, 5.74) is 0.623. The van der Waals surface area contributed by atoms with Crippen LogP contribution in [0.4, 0.5) is 5.69 Å². The standard InChI is InChI=1S/C17H27NO2/c1-6-7-13-18(15-11-9-8-10-12-15)14(2)16(19)20-17(3,4)5/h8-12,14H,6-7,13H2,1-5H3. The smallest absolute Gasteiger partial charge is 0.328 e. The highest BCUT2D eigenvalue weighted by atomic mass is 16.6. The first kappa shape index (κ1) is 16.5. The molecular formula is C17H27NO2. The monoisotopic (exact) mass is 277 g/mol. The van der Waals surface area contributed by atoms with Gasteiger partial charge in [0.2, 0.25) is 0 Å². The van der Waals surface area contributed by atoms with Crippen molar-refractivity contribution >= 4 is 11.7 Å². The van der Waals surface area contributed by atoms with Crippen LogP contribution in [0, 0.1) is 0 Å². The summed E-state index contributed by atoms with van der Waals surface area (Å²) in [6.07, 6.45) is 2.16. The molecule has 0 radical (unpaired) electrons. The number of anilines is 1. The second kappa shape index (κ2) is 7.32. The average molecular weight is 277 g/mol. The zero-order chi connectivity index (χ0) is 15.2.